The van der Waals surface area contributed by atoms with Gasteiger partial charge >= 0.3 is 0 Å². The Morgan fingerprint density at radius 1 is 1.23 bits per heavy atom. The number of allylic oxidation sites excluding steroid dienone is 2. The molecule has 0 fully saturated rings. The summed E-state index contributed by atoms with van der Waals surface area (Å²) in [7, 11) is 0. The van der Waals surface area contributed by atoms with E-state index in [1.54, 1.807) is 0 Å². The van der Waals surface area contributed by atoms with Crippen LogP contribution in [-0.2, 0) is 0 Å². The van der Waals surface area contributed by atoms with E-state index in [0.29, 0.717) is 0 Å². The van der Waals surface area contributed by atoms with Crippen LogP contribution in [0.3, 0.4) is 0 Å². The molecule has 0 aromatic heterocycles. The van der Waals surface area contributed by atoms with Crippen LogP contribution in [0.15, 0.2) is 49.7 Å². The van der Waals surface area contributed by atoms with E-state index >= 15 is 0 Å². The van der Waals surface area contributed by atoms with E-state index < -0.39 is 0 Å². The molecule has 0 aromatic carbocycles. The van der Waals surface area contributed by atoms with Gasteiger partial charge in [-0.15, -0.1) is 13.2 Å². The van der Waals surface area contributed by atoms with Crippen molar-refractivity contribution in [3.05, 3.63) is 49.7 Å². The van der Waals surface area contributed by atoms with E-state index in [4.69, 9.17) is 0 Å². The second-order valence-electron chi connectivity index (χ2n) is 2.84. The fourth-order valence-corrected chi connectivity index (χ4v) is 1.25. The van der Waals surface area contributed by atoms with E-state index in [2.05, 4.69) is 41.5 Å². The maximum Gasteiger partial charge on any atom is 0.0524 e. The number of nitrogens with zero attached hydrogens (tertiary/aromatic N) is 2. The fourth-order valence-electron chi connectivity index (χ4n) is 1.25. The predicted molar refractivity (Wildman–Crippen MR) is 57.0 cm³/mol. The van der Waals surface area contributed by atoms with Gasteiger partial charge in [-0.2, -0.15) is 0 Å². The summed E-state index contributed by atoms with van der Waals surface area (Å²) in [5.41, 5.74) is 0. The lowest BCUT2D eigenvalue weighted by atomic mass is 10.4. The van der Waals surface area contributed by atoms with Gasteiger partial charge in [0.25, 0.3) is 0 Å². The zero-order valence-corrected chi connectivity index (χ0v) is 7.89. The van der Waals surface area contributed by atoms with Crippen LogP contribution in [0.1, 0.15) is 0 Å². The highest BCUT2D eigenvalue weighted by molar-refractivity contribution is 5.08. The van der Waals surface area contributed by atoms with Crippen LogP contribution in [0.4, 0.5) is 0 Å². The van der Waals surface area contributed by atoms with E-state index in [-0.39, 0.29) is 0 Å². The van der Waals surface area contributed by atoms with E-state index in [1.165, 1.54) is 0 Å². The Morgan fingerprint density at radius 3 is 2.38 bits per heavy atom. The third-order valence-electron chi connectivity index (χ3n) is 1.84. The molecule has 70 valence electrons. The summed E-state index contributed by atoms with van der Waals surface area (Å²) in [5, 5.41) is 4.34. The van der Waals surface area contributed by atoms with Crippen molar-refractivity contribution in [2.45, 2.75) is 0 Å². The lowest BCUT2D eigenvalue weighted by Crippen LogP contribution is -2.39. The van der Waals surface area contributed by atoms with Crippen LogP contribution < -0.4 is 0 Å². The molecule has 13 heavy (non-hydrogen) atoms. The maximum absolute atomic E-state index is 3.73. The summed E-state index contributed by atoms with van der Waals surface area (Å²) < 4.78 is 0. The molecule has 0 aliphatic carbocycles. The molecule has 0 spiro atoms. The van der Waals surface area contributed by atoms with Gasteiger partial charge in [-0.25, -0.2) is 5.01 Å². The highest BCUT2D eigenvalue weighted by Crippen LogP contribution is 2.04. The van der Waals surface area contributed by atoms with Crippen LogP contribution in [0.5, 0.6) is 0 Å². The van der Waals surface area contributed by atoms with Gasteiger partial charge in [0.2, 0.25) is 0 Å². The Kier molecular flexibility index (Phi) is 4.06. The lowest BCUT2D eigenvalue weighted by molar-refractivity contribution is 0.0584. The van der Waals surface area contributed by atoms with Gasteiger partial charge in [0.15, 0.2) is 0 Å². The summed E-state index contributed by atoms with van der Waals surface area (Å²) in [6.07, 6.45) is 12.1. The van der Waals surface area contributed by atoms with Crippen LogP contribution in [0.25, 0.3) is 0 Å². The first-order valence-corrected chi connectivity index (χ1v) is 4.45. The Labute approximate surface area is 80.1 Å². The highest BCUT2D eigenvalue weighted by Gasteiger charge is 2.07. The minimum absolute atomic E-state index is 0.851. The molecule has 0 atom stereocenters. The smallest absolute Gasteiger partial charge is 0.0524 e. The number of hydrogen-bond donors (Lipinski definition) is 0. The Morgan fingerprint density at radius 2 is 1.92 bits per heavy atom. The normalized spacial score (nSPS) is 15.0. The molecular formula is C11H16N2. The van der Waals surface area contributed by atoms with Gasteiger partial charge in [0.05, 0.1) is 6.54 Å². The van der Waals surface area contributed by atoms with Gasteiger partial charge in [-0.1, -0.05) is 24.3 Å². The molecule has 1 rings (SSSR count). The molecule has 1 aliphatic heterocycles. The summed E-state index contributed by atoms with van der Waals surface area (Å²) in [6, 6.07) is 0. The average molecular weight is 176 g/mol. The molecule has 1 aliphatic rings. The number of rotatable bonds is 5. The second kappa shape index (κ2) is 5.38. The predicted octanol–water partition coefficient (Wildman–Crippen LogP) is 1.96. The quantitative estimate of drug-likeness (QED) is 0.591. The molecule has 0 amide bonds. The van der Waals surface area contributed by atoms with Gasteiger partial charge in [-0.3, -0.25) is 0 Å². The van der Waals surface area contributed by atoms with E-state index in [0.717, 1.165) is 19.6 Å². The molecule has 0 N–H and O–H groups in total. The monoisotopic (exact) mass is 176 g/mol. The molecule has 0 saturated carbocycles. The average Bonchev–Trinajstić information content (AvgIpc) is 2.19. The Balaban J connectivity index is 2.52. The lowest BCUT2D eigenvalue weighted by Gasteiger charge is -2.32. The largest absolute Gasteiger partial charge is 0.309 e. The first kappa shape index (κ1) is 9.81. The van der Waals surface area contributed by atoms with Crippen molar-refractivity contribution < 1.29 is 0 Å². The number of hydrazine groups is 1. The minimum Gasteiger partial charge on any atom is -0.309 e. The molecule has 0 bridgehead atoms. The maximum atomic E-state index is 3.73. The van der Waals surface area contributed by atoms with Crippen molar-refractivity contribution >= 4 is 0 Å². The van der Waals surface area contributed by atoms with Crippen molar-refractivity contribution in [3.63, 3.8) is 0 Å². The van der Waals surface area contributed by atoms with Crippen molar-refractivity contribution in [1.82, 2.24) is 10.0 Å². The van der Waals surface area contributed by atoms with Gasteiger partial charge < -0.3 is 5.01 Å². The van der Waals surface area contributed by atoms with Crippen LogP contribution >= 0.6 is 0 Å². The van der Waals surface area contributed by atoms with Crippen molar-refractivity contribution in [2.24, 2.45) is 0 Å². The highest BCUT2D eigenvalue weighted by atomic mass is 15.6. The van der Waals surface area contributed by atoms with E-state index in [9.17, 15) is 0 Å². The van der Waals surface area contributed by atoms with Gasteiger partial charge in [0.1, 0.15) is 0 Å². The summed E-state index contributed by atoms with van der Waals surface area (Å²) in [5.74, 6) is 0. The molecule has 0 radical (unpaired) electrons. The zero-order valence-electron chi connectivity index (χ0n) is 7.89. The molecule has 0 saturated heterocycles. The van der Waals surface area contributed by atoms with Crippen molar-refractivity contribution in [3.8, 4) is 0 Å². The number of hydrogen-bond acceptors (Lipinski definition) is 2. The summed E-state index contributed by atoms with van der Waals surface area (Å²) in [6.45, 7) is 10.1. The van der Waals surface area contributed by atoms with Gasteiger partial charge in [0, 0.05) is 19.3 Å². The minimum atomic E-state index is 0.851. The molecular weight excluding hydrogens is 160 g/mol. The second-order valence-corrected chi connectivity index (χ2v) is 2.84. The standard InChI is InChI=1S/C11H16N2/c1-3-8-12(9-4-2)13-10-6-5-7-11-13/h3-7,10H,1-2,8-9,11H2. The third kappa shape index (κ3) is 2.92. The van der Waals surface area contributed by atoms with Crippen LogP contribution in [-0.4, -0.2) is 29.7 Å². The van der Waals surface area contributed by atoms with Crippen LogP contribution in [0, 0.1) is 0 Å². The summed E-state index contributed by atoms with van der Waals surface area (Å²) in [4.78, 5) is 0. The Bertz CT molecular complexity index is 218. The van der Waals surface area contributed by atoms with Crippen molar-refractivity contribution in [2.75, 3.05) is 19.6 Å². The molecule has 0 aromatic rings. The molecule has 2 nitrogen and oxygen atoms in total. The zero-order chi connectivity index (χ0) is 9.52. The fraction of sp³-hybridized carbons (Fsp3) is 0.273. The molecule has 0 unspecified atom stereocenters. The molecule has 2 heteroatoms. The first-order valence-electron chi connectivity index (χ1n) is 4.45. The molecule has 1 heterocycles. The van der Waals surface area contributed by atoms with Gasteiger partial charge in [-0.05, 0) is 6.08 Å². The first-order chi connectivity index (χ1) is 6.38. The third-order valence-corrected chi connectivity index (χ3v) is 1.84. The van der Waals surface area contributed by atoms with Crippen molar-refractivity contribution in [1.29, 1.82) is 0 Å². The van der Waals surface area contributed by atoms with E-state index in [1.807, 2.05) is 18.2 Å². The van der Waals surface area contributed by atoms with Crippen LogP contribution in [0.2, 0.25) is 0 Å². The SMILES string of the molecule is C=CCN(CC=C)N1C=CC=CC1. The summed E-state index contributed by atoms with van der Waals surface area (Å²) >= 11 is 0. The Hall–Kier alpha value is -1.28. The topological polar surface area (TPSA) is 6.48 Å².